The smallest absolute Gasteiger partial charge is 0.228 e. The number of Topliss-reactive ketones (excluding diaryl/α,β-unsaturated/α-hetero) is 1. The van der Waals surface area contributed by atoms with Gasteiger partial charge in [0.25, 0.3) is 0 Å². The lowest BCUT2D eigenvalue weighted by molar-refractivity contribution is -0.129. The van der Waals surface area contributed by atoms with Crippen LogP contribution in [0.3, 0.4) is 0 Å². The van der Waals surface area contributed by atoms with Crippen molar-refractivity contribution in [3.8, 4) is 0 Å². The first-order chi connectivity index (χ1) is 6.50. The summed E-state index contributed by atoms with van der Waals surface area (Å²) in [5.41, 5.74) is 5.69. The van der Waals surface area contributed by atoms with Crippen LogP contribution in [0.4, 0.5) is 0 Å². The van der Waals surface area contributed by atoms with Crippen LogP contribution in [-0.4, -0.2) is 11.7 Å². The summed E-state index contributed by atoms with van der Waals surface area (Å²) in [4.78, 5) is 22.3. The normalized spacial score (nSPS) is 13.8. The molecule has 0 aliphatic heterocycles. The molecule has 0 saturated carbocycles. The Morgan fingerprint density at radius 3 is 2.43 bits per heavy atom. The second kappa shape index (κ2) is 6.35. The molecule has 1 unspecified atom stereocenters. The fraction of sp³-hybridized carbons (Fsp3) is 0.636. The minimum absolute atomic E-state index is 0.159. The van der Waals surface area contributed by atoms with Gasteiger partial charge in [0.15, 0.2) is 5.78 Å². The van der Waals surface area contributed by atoms with Crippen LogP contribution in [0.15, 0.2) is 11.6 Å². The molecule has 1 atom stereocenters. The monoisotopic (exact) mass is 197 g/mol. The SMILES string of the molecule is CCCCC=C(C)C(=O)C(C)C(N)=O. The second-order valence-corrected chi connectivity index (χ2v) is 3.52. The first kappa shape index (κ1) is 12.9. The minimum Gasteiger partial charge on any atom is -0.369 e. The summed E-state index contributed by atoms with van der Waals surface area (Å²) in [6.45, 7) is 5.37. The molecule has 0 radical (unpaired) electrons. The van der Waals surface area contributed by atoms with Gasteiger partial charge in [0.1, 0.15) is 0 Å². The number of ketones is 1. The van der Waals surface area contributed by atoms with E-state index in [0.29, 0.717) is 5.57 Å². The lowest BCUT2D eigenvalue weighted by atomic mass is 9.99. The molecule has 0 fully saturated rings. The first-order valence-electron chi connectivity index (χ1n) is 5.01. The van der Waals surface area contributed by atoms with E-state index in [0.717, 1.165) is 19.3 Å². The van der Waals surface area contributed by atoms with E-state index < -0.39 is 11.8 Å². The van der Waals surface area contributed by atoms with Crippen molar-refractivity contribution in [2.24, 2.45) is 11.7 Å². The Morgan fingerprint density at radius 1 is 1.43 bits per heavy atom. The summed E-state index contributed by atoms with van der Waals surface area (Å²) in [7, 11) is 0. The summed E-state index contributed by atoms with van der Waals surface area (Å²) in [5.74, 6) is -1.42. The van der Waals surface area contributed by atoms with Gasteiger partial charge in [-0.15, -0.1) is 0 Å². The lowest BCUT2D eigenvalue weighted by Gasteiger charge is -2.05. The van der Waals surface area contributed by atoms with E-state index in [4.69, 9.17) is 5.73 Å². The number of rotatable bonds is 6. The third kappa shape index (κ3) is 4.21. The van der Waals surface area contributed by atoms with Crippen LogP contribution in [0.1, 0.15) is 40.0 Å². The van der Waals surface area contributed by atoms with Crippen molar-refractivity contribution < 1.29 is 9.59 Å². The van der Waals surface area contributed by atoms with Gasteiger partial charge in [0.2, 0.25) is 5.91 Å². The van der Waals surface area contributed by atoms with Gasteiger partial charge in [-0.25, -0.2) is 0 Å². The van der Waals surface area contributed by atoms with E-state index in [2.05, 4.69) is 6.92 Å². The van der Waals surface area contributed by atoms with E-state index in [9.17, 15) is 9.59 Å². The van der Waals surface area contributed by atoms with Gasteiger partial charge in [-0.2, -0.15) is 0 Å². The van der Waals surface area contributed by atoms with Gasteiger partial charge < -0.3 is 5.73 Å². The predicted octanol–water partition coefficient (Wildman–Crippen LogP) is 1.81. The maximum absolute atomic E-state index is 11.5. The van der Waals surface area contributed by atoms with Gasteiger partial charge >= 0.3 is 0 Å². The average Bonchev–Trinajstić information content (AvgIpc) is 2.15. The van der Waals surface area contributed by atoms with Crippen molar-refractivity contribution in [2.75, 3.05) is 0 Å². The zero-order valence-corrected chi connectivity index (χ0v) is 9.17. The topological polar surface area (TPSA) is 60.2 Å². The third-order valence-corrected chi connectivity index (χ3v) is 2.22. The minimum atomic E-state index is -0.701. The molecule has 0 aromatic rings. The fourth-order valence-corrected chi connectivity index (χ4v) is 1.09. The molecule has 0 rings (SSSR count). The lowest BCUT2D eigenvalue weighted by Crippen LogP contribution is -2.28. The molecule has 80 valence electrons. The molecule has 0 aromatic heterocycles. The molecule has 0 spiro atoms. The third-order valence-electron chi connectivity index (χ3n) is 2.22. The maximum Gasteiger partial charge on any atom is 0.228 e. The zero-order chi connectivity index (χ0) is 11.1. The number of hydrogen-bond donors (Lipinski definition) is 1. The van der Waals surface area contributed by atoms with Crippen molar-refractivity contribution >= 4 is 11.7 Å². The first-order valence-corrected chi connectivity index (χ1v) is 5.01. The van der Waals surface area contributed by atoms with Gasteiger partial charge in [-0.05, 0) is 25.8 Å². The standard InChI is InChI=1S/C11H19NO2/c1-4-5-6-7-8(2)10(13)9(3)11(12)14/h7,9H,4-6H2,1-3H3,(H2,12,14). The van der Waals surface area contributed by atoms with Crippen LogP contribution in [0.5, 0.6) is 0 Å². The van der Waals surface area contributed by atoms with Crippen LogP contribution in [0, 0.1) is 5.92 Å². The molecule has 0 aliphatic rings. The number of carbonyl (C=O) groups excluding carboxylic acids is 2. The molecular weight excluding hydrogens is 178 g/mol. The Hall–Kier alpha value is -1.12. The molecule has 1 amide bonds. The van der Waals surface area contributed by atoms with Crippen molar-refractivity contribution in [1.82, 2.24) is 0 Å². The molecule has 14 heavy (non-hydrogen) atoms. The van der Waals surface area contributed by atoms with Gasteiger partial charge in [0, 0.05) is 0 Å². The number of nitrogens with two attached hydrogens (primary N) is 1. The Balaban J connectivity index is 4.24. The van der Waals surface area contributed by atoms with E-state index in [1.807, 2.05) is 6.08 Å². The van der Waals surface area contributed by atoms with Crippen molar-refractivity contribution in [3.05, 3.63) is 11.6 Å². The maximum atomic E-state index is 11.5. The zero-order valence-electron chi connectivity index (χ0n) is 9.17. The van der Waals surface area contributed by atoms with E-state index in [1.54, 1.807) is 13.8 Å². The molecule has 0 saturated heterocycles. The fourth-order valence-electron chi connectivity index (χ4n) is 1.09. The number of primary amides is 1. The van der Waals surface area contributed by atoms with E-state index in [-0.39, 0.29) is 5.78 Å². The number of unbranched alkanes of at least 4 members (excludes halogenated alkanes) is 2. The molecule has 0 aliphatic carbocycles. The van der Waals surface area contributed by atoms with Crippen LogP contribution in [0.2, 0.25) is 0 Å². The molecule has 3 nitrogen and oxygen atoms in total. The molecule has 0 bridgehead atoms. The number of carbonyl (C=O) groups is 2. The Bertz CT molecular complexity index is 244. The van der Waals surface area contributed by atoms with Crippen molar-refractivity contribution in [3.63, 3.8) is 0 Å². The highest BCUT2D eigenvalue weighted by Gasteiger charge is 2.19. The summed E-state index contributed by atoms with van der Waals surface area (Å²) < 4.78 is 0. The van der Waals surface area contributed by atoms with Crippen molar-refractivity contribution in [1.29, 1.82) is 0 Å². The summed E-state index contributed by atoms with van der Waals surface area (Å²) in [6, 6.07) is 0. The van der Waals surface area contributed by atoms with Crippen LogP contribution in [0.25, 0.3) is 0 Å². The largest absolute Gasteiger partial charge is 0.369 e. The summed E-state index contributed by atoms with van der Waals surface area (Å²) in [5, 5.41) is 0. The molecular formula is C11H19NO2. The highest BCUT2D eigenvalue weighted by atomic mass is 16.2. The van der Waals surface area contributed by atoms with Crippen molar-refractivity contribution in [2.45, 2.75) is 40.0 Å². The quantitative estimate of drug-likeness (QED) is 0.401. The average molecular weight is 197 g/mol. The van der Waals surface area contributed by atoms with Crippen LogP contribution >= 0.6 is 0 Å². The molecule has 0 aromatic carbocycles. The summed E-state index contributed by atoms with van der Waals surface area (Å²) in [6.07, 6.45) is 4.93. The number of allylic oxidation sites excluding steroid dienone is 2. The molecule has 3 heteroatoms. The number of amides is 1. The highest BCUT2D eigenvalue weighted by molar-refractivity contribution is 6.08. The van der Waals surface area contributed by atoms with Crippen LogP contribution < -0.4 is 5.73 Å². The molecule has 0 heterocycles. The summed E-state index contributed by atoms with van der Waals surface area (Å²) >= 11 is 0. The predicted molar refractivity (Wildman–Crippen MR) is 56.6 cm³/mol. The highest BCUT2D eigenvalue weighted by Crippen LogP contribution is 2.08. The molecule has 2 N–H and O–H groups in total. The van der Waals surface area contributed by atoms with E-state index in [1.165, 1.54) is 0 Å². The Labute approximate surface area is 85.4 Å². The number of hydrogen-bond acceptors (Lipinski definition) is 2. The van der Waals surface area contributed by atoms with Gasteiger partial charge in [-0.3, -0.25) is 9.59 Å². The second-order valence-electron chi connectivity index (χ2n) is 3.52. The van der Waals surface area contributed by atoms with E-state index >= 15 is 0 Å². The van der Waals surface area contributed by atoms with Gasteiger partial charge in [0.05, 0.1) is 5.92 Å². The van der Waals surface area contributed by atoms with Gasteiger partial charge in [-0.1, -0.05) is 25.8 Å². The Morgan fingerprint density at radius 2 is 2.00 bits per heavy atom. The van der Waals surface area contributed by atoms with Crippen LogP contribution in [-0.2, 0) is 9.59 Å². The Kier molecular flexibility index (Phi) is 5.84.